The number of carboxylic acids is 1. The molecule has 300 valence electrons. The van der Waals surface area contributed by atoms with Crippen molar-refractivity contribution >= 4 is 29.6 Å². The zero-order valence-corrected chi connectivity index (χ0v) is 33.5. The number of aliphatic imine (C=N–C) groups is 1. The van der Waals surface area contributed by atoms with Crippen LogP contribution in [0.1, 0.15) is 85.1 Å². The van der Waals surface area contributed by atoms with Crippen LogP contribution in [0.5, 0.6) is 0 Å². The quantitative estimate of drug-likeness (QED) is 0.0754. The molecule has 0 aromatic heterocycles. The number of aliphatic carboxylic acids is 1. The number of nitrogens with two attached hydrogens (primary N) is 2. The van der Waals surface area contributed by atoms with E-state index in [0.29, 0.717) is 30.4 Å². The Morgan fingerprint density at radius 2 is 1.74 bits per heavy atom. The summed E-state index contributed by atoms with van der Waals surface area (Å²) in [6, 6.07) is 9.08. The third kappa shape index (κ3) is 4.95. The molecule has 57 heavy (non-hydrogen) atoms. The van der Waals surface area contributed by atoms with Gasteiger partial charge in [-0.3, -0.25) is 9.59 Å². The first-order chi connectivity index (χ1) is 26.8. The molecule has 0 heterocycles. The summed E-state index contributed by atoms with van der Waals surface area (Å²) in [5.41, 5.74) is 5.39. The number of nitrogens with zero attached hydrogens (tertiary/aromatic N) is 1. The number of hydrogen-bond acceptors (Lipinski definition) is 7. The lowest BCUT2D eigenvalue weighted by Gasteiger charge is -2.69. The van der Waals surface area contributed by atoms with Gasteiger partial charge in [-0.2, -0.15) is 0 Å². The van der Waals surface area contributed by atoms with Crippen molar-refractivity contribution in [2.45, 2.75) is 103 Å². The number of carbonyl (C=O) groups is 3. The fourth-order valence-corrected chi connectivity index (χ4v) is 14.0. The summed E-state index contributed by atoms with van der Waals surface area (Å²) in [7, 11) is 0. The minimum atomic E-state index is -1.76. The van der Waals surface area contributed by atoms with Gasteiger partial charge in [0.15, 0.2) is 11.7 Å². The van der Waals surface area contributed by atoms with Crippen LogP contribution in [0, 0.1) is 62.6 Å². The van der Waals surface area contributed by atoms with Crippen LogP contribution < -0.4 is 11.5 Å². The molecular weight excluding hydrogens is 719 g/mol. The number of carbonyl (C=O) groups excluding carboxylic acids is 2. The molecule has 0 unspecified atom stereocenters. The van der Waals surface area contributed by atoms with Gasteiger partial charge in [0.05, 0.1) is 17.7 Å². The molecule has 4 bridgehead atoms. The van der Waals surface area contributed by atoms with Crippen LogP contribution in [0.3, 0.4) is 0 Å². The van der Waals surface area contributed by atoms with E-state index in [1.807, 2.05) is 68.5 Å². The lowest BCUT2D eigenvalue weighted by molar-refractivity contribution is -0.169. The number of carboxylic acid groups (broad SMARTS) is 1. The van der Waals surface area contributed by atoms with Crippen molar-refractivity contribution in [3.8, 4) is 11.8 Å². The number of Topliss-reactive ketones (excluding diaryl/α,β-unsaturated/α-hetero) is 2. The van der Waals surface area contributed by atoms with Crippen LogP contribution in [0.2, 0.25) is 0 Å². The molecule has 0 aliphatic heterocycles. The smallest absolute Gasteiger partial charge is 0.331 e. The Kier molecular flexibility index (Phi) is 8.76. The largest absolute Gasteiger partial charge is 0.478 e. The van der Waals surface area contributed by atoms with Crippen molar-refractivity contribution in [2.24, 2.45) is 67.2 Å². The molecule has 10 heteroatoms. The lowest BCUT2D eigenvalue weighted by atomic mass is 9.34. The first-order valence-corrected chi connectivity index (χ1v) is 20.3. The Labute approximate surface area is 334 Å². The molecule has 1 aromatic carbocycles. The molecule has 2 fully saturated rings. The normalized spacial score (nSPS) is 44.8. The molecule has 0 saturated heterocycles. The maximum atomic E-state index is 15.6. The van der Waals surface area contributed by atoms with Crippen LogP contribution in [0.25, 0.3) is 6.08 Å². The SMILES string of the molecule is C/C(=C\[C@@H](O)[C@H]1[C@@H](C)[C@@]2(C=C[C@H]1N=C(N)N)C[C@@]1(O)C=C[C@]3(O)C4=C5C(=O)C[C@@]2(C)[C@]41CCC#CC[C@]1(C)C(=O)CC[C@@]5(C)[C@@H]1[C@H]3/C=C/c1ccccc1)C(=O)O. The Bertz CT molecular complexity index is 2210. The molecule has 8 N–H and O–H groups in total. The van der Waals surface area contributed by atoms with Gasteiger partial charge in [-0.15, -0.1) is 11.8 Å². The fraction of sp³-hybridized carbons (Fsp3) is 0.532. The Hall–Kier alpha value is -4.56. The monoisotopic (exact) mass is 773 g/mol. The van der Waals surface area contributed by atoms with Crippen LogP contribution in [0.4, 0.5) is 0 Å². The van der Waals surface area contributed by atoms with Gasteiger partial charge in [0.25, 0.3) is 0 Å². The minimum Gasteiger partial charge on any atom is -0.478 e. The van der Waals surface area contributed by atoms with Crippen molar-refractivity contribution < 1.29 is 34.8 Å². The molecule has 10 nitrogen and oxygen atoms in total. The average Bonchev–Trinajstić information content (AvgIpc) is 3.30. The minimum absolute atomic E-state index is 0.0391. The van der Waals surface area contributed by atoms with Crippen molar-refractivity contribution in [2.75, 3.05) is 0 Å². The number of aliphatic hydroxyl groups is 3. The number of allylic oxidation sites excluding steroid dienone is 2. The zero-order chi connectivity index (χ0) is 41.1. The van der Waals surface area contributed by atoms with E-state index in [-0.39, 0.29) is 48.8 Å². The van der Waals surface area contributed by atoms with Gasteiger partial charge >= 0.3 is 5.97 Å². The van der Waals surface area contributed by atoms with E-state index in [9.17, 15) is 30.0 Å². The van der Waals surface area contributed by atoms with Crippen LogP contribution in [-0.2, 0) is 14.4 Å². The van der Waals surface area contributed by atoms with Crippen LogP contribution >= 0.6 is 0 Å². The molecule has 7 aliphatic carbocycles. The van der Waals surface area contributed by atoms with E-state index in [1.54, 1.807) is 12.2 Å². The molecule has 2 spiro atoms. The maximum absolute atomic E-state index is 15.6. The highest BCUT2D eigenvalue weighted by atomic mass is 16.4. The molecule has 8 rings (SSSR count). The molecule has 0 radical (unpaired) electrons. The topological polar surface area (TPSA) is 197 Å². The third-order valence-corrected chi connectivity index (χ3v) is 16.4. The van der Waals surface area contributed by atoms with Gasteiger partial charge in [0.1, 0.15) is 11.4 Å². The van der Waals surface area contributed by atoms with E-state index >= 15 is 4.79 Å². The van der Waals surface area contributed by atoms with Crippen molar-refractivity contribution in [1.82, 2.24) is 0 Å². The van der Waals surface area contributed by atoms with Crippen molar-refractivity contribution in [3.05, 3.63) is 89.1 Å². The maximum Gasteiger partial charge on any atom is 0.331 e. The van der Waals surface area contributed by atoms with Crippen LogP contribution in [0.15, 0.2) is 88.5 Å². The highest BCUT2D eigenvalue weighted by molar-refractivity contribution is 6.02. The lowest BCUT2D eigenvalue weighted by Crippen LogP contribution is -2.71. The highest BCUT2D eigenvalue weighted by Gasteiger charge is 2.83. The number of fused-ring (bicyclic) bond motifs is 2. The summed E-state index contributed by atoms with van der Waals surface area (Å²) in [6.07, 6.45) is 13.2. The van der Waals surface area contributed by atoms with Crippen LogP contribution in [-0.4, -0.2) is 67.3 Å². The number of hydrogen-bond donors (Lipinski definition) is 6. The zero-order valence-electron chi connectivity index (χ0n) is 33.5. The Balaban J connectivity index is 1.43. The second-order valence-electron chi connectivity index (χ2n) is 18.9. The summed E-state index contributed by atoms with van der Waals surface area (Å²) in [6.45, 7) is 9.51. The second-order valence-corrected chi connectivity index (χ2v) is 18.9. The summed E-state index contributed by atoms with van der Waals surface area (Å²) >= 11 is 0. The number of aliphatic hydroxyl groups excluding tert-OH is 1. The van der Waals surface area contributed by atoms with Gasteiger partial charge in [-0.25, -0.2) is 9.79 Å². The van der Waals surface area contributed by atoms with E-state index in [0.717, 1.165) is 5.56 Å². The van der Waals surface area contributed by atoms with Gasteiger partial charge in [-0.1, -0.05) is 88.4 Å². The first kappa shape index (κ1) is 39.3. The Morgan fingerprint density at radius 1 is 1.02 bits per heavy atom. The molecule has 2 saturated carbocycles. The average molecular weight is 774 g/mol. The number of ketones is 2. The number of benzene rings is 1. The van der Waals surface area contributed by atoms with Gasteiger partial charge < -0.3 is 31.9 Å². The number of guanidine groups is 1. The summed E-state index contributed by atoms with van der Waals surface area (Å²) in [4.78, 5) is 46.3. The van der Waals surface area contributed by atoms with E-state index in [4.69, 9.17) is 11.5 Å². The number of rotatable bonds is 6. The third-order valence-electron chi connectivity index (χ3n) is 16.4. The molecule has 13 atom stereocenters. The predicted octanol–water partition coefficient (Wildman–Crippen LogP) is 5.05. The predicted molar refractivity (Wildman–Crippen MR) is 217 cm³/mol. The van der Waals surface area contributed by atoms with Crippen molar-refractivity contribution in [1.29, 1.82) is 0 Å². The first-order valence-electron chi connectivity index (χ1n) is 20.3. The summed E-state index contributed by atoms with van der Waals surface area (Å²) < 4.78 is 0. The second kappa shape index (κ2) is 12.7. The molecule has 1 aromatic rings. The van der Waals surface area contributed by atoms with Gasteiger partial charge in [0.2, 0.25) is 0 Å². The summed E-state index contributed by atoms with van der Waals surface area (Å²) in [5, 5.41) is 49.2. The van der Waals surface area contributed by atoms with Crippen molar-refractivity contribution in [3.63, 3.8) is 0 Å². The van der Waals surface area contributed by atoms with E-state index in [2.05, 4.69) is 30.7 Å². The highest BCUT2D eigenvalue weighted by Crippen LogP contribution is 2.83. The van der Waals surface area contributed by atoms with E-state index < -0.39 is 80.1 Å². The standard InChI is InChI=1S/C47H55N3O7/c1-27(39(54)55)24-32(51)35-28(2)44(21-16-31(35)50-40(48)49)26-45(56)22-23-46(57)30(15-14-29-12-8-6-9-13-29)37-41(3)18-10-7-11-19-47(45)38(46)36(33(52)25-43(44,47)5)42(37,4)20-17-34(41)53/h6,8-9,12-16,21-24,28,30-32,35,37,51,56-57H,11,17-20,25-26H2,1-5H3,(H,54,55)(H4,48,49,50)/b15-14+,27-24+/t28-,30-,31-,32-,35+,37-,41-,42-,43-,44-,45+,46-,47+/m1/s1. The van der Waals surface area contributed by atoms with Gasteiger partial charge in [0, 0.05) is 70.3 Å². The van der Waals surface area contributed by atoms with E-state index in [1.165, 1.54) is 13.0 Å². The van der Waals surface area contributed by atoms with Gasteiger partial charge in [-0.05, 0) is 66.7 Å². The summed E-state index contributed by atoms with van der Waals surface area (Å²) in [5.74, 6) is 2.97. The fourth-order valence-electron chi connectivity index (χ4n) is 14.0. The Morgan fingerprint density at radius 3 is 2.42 bits per heavy atom. The molecule has 0 amide bonds. The molecule has 7 aliphatic rings. The molecular formula is C47H55N3O7.